The van der Waals surface area contributed by atoms with Crippen LogP contribution < -0.4 is 5.32 Å². The average Bonchev–Trinajstić information content (AvgIpc) is 3.17. The quantitative estimate of drug-likeness (QED) is 0.193. The summed E-state index contributed by atoms with van der Waals surface area (Å²) in [6.07, 6.45) is 21.3. The first kappa shape index (κ1) is 28.0. The van der Waals surface area contributed by atoms with Gasteiger partial charge < -0.3 is 4.74 Å². The monoisotopic (exact) mass is 418 g/mol. The van der Waals surface area contributed by atoms with Gasteiger partial charge in [0.2, 0.25) is 0 Å². The molecule has 1 N–H and O–H groups in total. The molecule has 0 aliphatic heterocycles. The maximum atomic E-state index is 11.5. The molecule has 1 heterocycles. The van der Waals surface area contributed by atoms with Gasteiger partial charge in [-0.15, -0.1) is 11.3 Å². The molecule has 1 aromatic heterocycles. The van der Waals surface area contributed by atoms with Crippen LogP contribution in [-0.2, 0) is 4.74 Å². The zero-order valence-corrected chi connectivity index (χ0v) is 21.3. The maximum Gasteiger partial charge on any atom is 0.412 e. The minimum atomic E-state index is -0.335. The van der Waals surface area contributed by atoms with Crippen molar-refractivity contribution in [3.63, 3.8) is 0 Å². The summed E-state index contributed by atoms with van der Waals surface area (Å²) < 4.78 is 5.19. The summed E-state index contributed by atoms with van der Waals surface area (Å²) in [6, 6.07) is 3.79. The first-order chi connectivity index (χ1) is 13.3. The molecule has 1 amide bonds. The second-order valence-corrected chi connectivity index (χ2v) is 8.49. The fourth-order valence-corrected chi connectivity index (χ4v) is 3.90. The number of carbonyl (C=O) groups excluding carboxylic acids is 1. The van der Waals surface area contributed by atoms with E-state index in [2.05, 4.69) is 12.2 Å². The van der Waals surface area contributed by atoms with E-state index in [4.69, 9.17) is 4.74 Å². The number of hydrogen-bond donors (Lipinski definition) is 1. The molecule has 0 spiro atoms. The van der Waals surface area contributed by atoms with Crippen molar-refractivity contribution in [1.82, 2.24) is 0 Å². The normalized spacial score (nSPS) is 10.5. The van der Waals surface area contributed by atoms with Gasteiger partial charge in [-0.2, -0.15) is 0 Å². The van der Waals surface area contributed by atoms with E-state index in [9.17, 15) is 4.79 Å². The molecule has 0 saturated heterocycles. The van der Waals surface area contributed by atoms with E-state index in [0.29, 0.717) is 6.61 Å². The summed E-state index contributed by atoms with van der Waals surface area (Å²) in [5, 5.41) is 5.51. The molecule has 1 aromatic rings. The zero-order valence-electron chi connectivity index (χ0n) is 18.5. The topological polar surface area (TPSA) is 38.3 Å². The SMILES string of the molecule is CCCCCCCCCCCCCCCCCCOC(=O)Nc1cccs1.[Na]. The minimum Gasteiger partial charge on any atom is -0.449 e. The molecule has 0 aliphatic rings. The van der Waals surface area contributed by atoms with Gasteiger partial charge in [0.25, 0.3) is 0 Å². The Bertz CT molecular complexity index is 440. The molecule has 0 aromatic carbocycles. The molecule has 0 unspecified atom stereocenters. The molecule has 0 saturated carbocycles. The van der Waals surface area contributed by atoms with Crippen LogP contribution in [-0.4, -0.2) is 42.3 Å². The molecule has 28 heavy (non-hydrogen) atoms. The largest absolute Gasteiger partial charge is 0.449 e. The number of thiophene rings is 1. The standard InChI is InChI=1S/C23H41NO2S.Na/c1-2-3-4-5-6-7-8-9-10-11-12-13-14-15-16-17-20-26-23(25)24-22-19-18-21-27-22;/h18-19,21H,2-17,20H2,1H3,(H,24,25);. The molecule has 0 bridgehead atoms. The molecular weight excluding hydrogens is 377 g/mol. The van der Waals surface area contributed by atoms with Crippen molar-refractivity contribution in [1.29, 1.82) is 0 Å². The van der Waals surface area contributed by atoms with Crippen LogP contribution >= 0.6 is 11.3 Å². The molecule has 1 rings (SSSR count). The van der Waals surface area contributed by atoms with E-state index in [1.165, 1.54) is 101 Å². The Kier molecular flexibility index (Phi) is 21.7. The molecule has 0 atom stereocenters. The van der Waals surface area contributed by atoms with Gasteiger partial charge in [-0.1, -0.05) is 103 Å². The third kappa shape index (κ3) is 18.0. The third-order valence-electron chi connectivity index (χ3n) is 4.98. The first-order valence-corrected chi connectivity index (χ1v) is 12.2. The van der Waals surface area contributed by atoms with Crippen LogP contribution in [0.5, 0.6) is 0 Å². The van der Waals surface area contributed by atoms with Crippen LogP contribution in [0.1, 0.15) is 110 Å². The van der Waals surface area contributed by atoms with Crippen molar-refractivity contribution in [3.8, 4) is 0 Å². The molecule has 0 fully saturated rings. The Hall–Kier alpha value is -0.0300. The van der Waals surface area contributed by atoms with Gasteiger partial charge in [0, 0.05) is 29.6 Å². The third-order valence-corrected chi connectivity index (χ3v) is 5.76. The minimum absolute atomic E-state index is 0. The summed E-state index contributed by atoms with van der Waals surface area (Å²) >= 11 is 1.50. The second kappa shape index (κ2) is 21.7. The Morgan fingerprint density at radius 3 is 1.71 bits per heavy atom. The zero-order chi connectivity index (χ0) is 19.4. The Balaban J connectivity index is 0.00000729. The molecular formula is C23H41NNaO2S. The van der Waals surface area contributed by atoms with Gasteiger partial charge in [0.05, 0.1) is 11.6 Å². The van der Waals surface area contributed by atoms with E-state index in [0.717, 1.165) is 17.8 Å². The predicted molar refractivity (Wildman–Crippen MR) is 125 cm³/mol. The van der Waals surface area contributed by atoms with Crippen molar-refractivity contribution in [3.05, 3.63) is 17.5 Å². The summed E-state index contributed by atoms with van der Waals surface area (Å²) in [5.41, 5.74) is 0. The van der Waals surface area contributed by atoms with Crippen molar-refractivity contribution in [2.24, 2.45) is 0 Å². The number of unbranched alkanes of at least 4 members (excludes halogenated alkanes) is 15. The average molecular weight is 419 g/mol. The van der Waals surface area contributed by atoms with Crippen molar-refractivity contribution < 1.29 is 9.53 Å². The van der Waals surface area contributed by atoms with Gasteiger partial charge in [0.1, 0.15) is 0 Å². The van der Waals surface area contributed by atoms with Crippen LogP contribution in [0, 0.1) is 0 Å². The Labute approximate surface area is 199 Å². The fraction of sp³-hybridized carbons (Fsp3) is 0.783. The van der Waals surface area contributed by atoms with E-state index >= 15 is 0 Å². The van der Waals surface area contributed by atoms with Gasteiger partial charge >= 0.3 is 6.09 Å². The van der Waals surface area contributed by atoms with Gasteiger partial charge in [-0.05, 0) is 23.9 Å². The summed E-state index contributed by atoms with van der Waals surface area (Å²) in [5.74, 6) is 0. The second-order valence-electron chi connectivity index (χ2n) is 7.54. The van der Waals surface area contributed by atoms with Crippen LogP contribution in [0.3, 0.4) is 0 Å². The van der Waals surface area contributed by atoms with Crippen LogP contribution in [0.4, 0.5) is 9.80 Å². The number of ether oxygens (including phenoxy) is 1. The number of carbonyl (C=O) groups is 1. The van der Waals surface area contributed by atoms with Crippen LogP contribution in [0.15, 0.2) is 17.5 Å². The van der Waals surface area contributed by atoms with E-state index in [1.54, 1.807) is 0 Å². The number of anilines is 1. The number of rotatable bonds is 18. The van der Waals surface area contributed by atoms with E-state index in [-0.39, 0.29) is 35.7 Å². The van der Waals surface area contributed by atoms with Crippen molar-refractivity contribution in [2.75, 3.05) is 11.9 Å². The molecule has 3 nitrogen and oxygen atoms in total. The maximum absolute atomic E-state index is 11.5. The first-order valence-electron chi connectivity index (χ1n) is 11.3. The Morgan fingerprint density at radius 1 is 0.821 bits per heavy atom. The van der Waals surface area contributed by atoms with E-state index < -0.39 is 0 Å². The van der Waals surface area contributed by atoms with E-state index in [1.807, 2.05) is 17.5 Å². The molecule has 5 heteroatoms. The van der Waals surface area contributed by atoms with Crippen LogP contribution in [0.2, 0.25) is 0 Å². The molecule has 1 radical (unpaired) electrons. The number of nitrogens with one attached hydrogen (secondary N) is 1. The fourth-order valence-electron chi connectivity index (χ4n) is 3.30. The van der Waals surface area contributed by atoms with Crippen molar-refractivity contribution in [2.45, 2.75) is 110 Å². The van der Waals surface area contributed by atoms with Gasteiger partial charge in [-0.25, -0.2) is 4.79 Å². The predicted octanol–water partition coefficient (Wildman–Crippen LogP) is 8.18. The van der Waals surface area contributed by atoms with Gasteiger partial charge in [-0.3, -0.25) is 5.32 Å². The van der Waals surface area contributed by atoms with Gasteiger partial charge in [0.15, 0.2) is 0 Å². The smallest absolute Gasteiger partial charge is 0.412 e. The number of amides is 1. The van der Waals surface area contributed by atoms with Crippen LogP contribution in [0.25, 0.3) is 0 Å². The molecule has 157 valence electrons. The van der Waals surface area contributed by atoms with Crippen molar-refractivity contribution >= 4 is 52.0 Å². The summed E-state index contributed by atoms with van der Waals surface area (Å²) in [6.45, 7) is 2.80. The summed E-state index contributed by atoms with van der Waals surface area (Å²) in [4.78, 5) is 11.5. The molecule has 0 aliphatic carbocycles. The number of hydrogen-bond acceptors (Lipinski definition) is 3. The summed E-state index contributed by atoms with van der Waals surface area (Å²) in [7, 11) is 0. The Morgan fingerprint density at radius 2 is 1.29 bits per heavy atom.